The Bertz CT molecular complexity index is 364. The molecule has 1 saturated carbocycles. The number of carbonyl (C=O) groups is 1. The second-order valence-corrected chi connectivity index (χ2v) is 7.63. The summed E-state index contributed by atoms with van der Waals surface area (Å²) in [6.45, 7) is 11.6. The SMILES string of the molecule is COC(C)(C)C12CC(CN(C(=O)OC(C)(C)C)C1)C2. The van der Waals surface area contributed by atoms with E-state index < -0.39 is 5.60 Å². The third-order valence-electron chi connectivity index (χ3n) is 4.77. The van der Waals surface area contributed by atoms with Crippen LogP contribution in [0.4, 0.5) is 4.79 Å². The lowest BCUT2D eigenvalue weighted by atomic mass is 9.52. The summed E-state index contributed by atoms with van der Waals surface area (Å²) >= 11 is 0. The molecular weight excluding hydrogens is 242 g/mol. The van der Waals surface area contributed by atoms with Crippen molar-refractivity contribution in [2.24, 2.45) is 11.3 Å². The van der Waals surface area contributed by atoms with Crippen molar-refractivity contribution < 1.29 is 14.3 Å². The zero-order valence-electron chi connectivity index (χ0n) is 13.1. The number of rotatable bonds is 2. The predicted molar refractivity (Wildman–Crippen MR) is 74.1 cm³/mol. The number of methoxy groups -OCH3 is 1. The van der Waals surface area contributed by atoms with Crippen molar-refractivity contribution in [2.75, 3.05) is 20.2 Å². The molecule has 110 valence electrons. The maximum absolute atomic E-state index is 12.2. The smallest absolute Gasteiger partial charge is 0.410 e. The first-order chi connectivity index (χ1) is 8.59. The van der Waals surface area contributed by atoms with Crippen LogP contribution >= 0.6 is 0 Å². The zero-order valence-corrected chi connectivity index (χ0v) is 13.1. The lowest BCUT2D eigenvalue weighted by molar-refractivity contribution is -0.187. The van der Waals surface area contributed by atoms with Gasteiger partial charge < -0.3 is 14.4 Å². The molecule has 0 N–H and O–H groups in total. The molecule has 2 heterocycles. The molecular formula is C15H27NO3. The number of nitrogens with zero attached hydrogens (tertiary/aromatic N) is 1. The van der Waals surface area contributed by atoms with Crippen LogP contribution in [0.15, 0.2) is 0 Å². The van der Waals surface area contributed by atoms with E-state index in [9.17, 15) is 4.79 Å². The van der Waals surface area contributed by atoms with Crippen molar-refractivity contribution in [3.05, 3.63) is 0 Å². The van der Waals surface area contributed by atoms with Gasteiger partial charge in [0.2, 0.25) is 0 Å². The molecule has 2 bridgehead atoms. The van der Waals surface area contributed by atoms with Gasteiger partial charge in [-0.3, -0.25) is 0 Å². The highest BCUT2D eigenvalue weighted by Gasteiger charge is 2.59. The van der Waals surface area contributed by atoms with Gasteiger partial charge in [0.25, 0.3) is 0 Å². The van der Waals surface area contributed by atoms with E-state index >= 15 is 0 Å². The lowest BCUT2D eigenvalue weighted by Crippen LogP contribution is -2.66. The van der Waals surface area contributed by atoms with Gasteiger partial charge in [-0.15, -0.1) is 0 Å². The Balaban J connectivity index is 2.06. The molecule has 3 fully saturated rings. The second-order valence-electron chi connectivity index (χ2n) is 7.63. The first-order valence-corrected chi connectivity index (χ1v) is 7.12. The highest BCUT2D eigenvalue weighted by atomic mass is 16.6. The minimum absolute atomic E-state index is 0.0988. The van der Waals surface area contributed by atoms with Crippen LogP contribution in [-0.2, 0) is 9.47 Å². The van der Waals surface area contributed by atoms with Crippen molar-refractivity contribution in [3.63, 3.8) is 0 Å². The Morgan fingerprint density at radius 3 is 2.26 bits per heavy atom. The molecule has 0 aromatic carbocycles. The number of piperidine rings is 2. The minimum atomic E-state index is -0.428. The Labute approximate surface area is 116 Å². The summed E-state index contributed by atoms with van der Waals surface area (Å²) in [5.41, 5.74) is -0.519. The first kappa shape index (κ1) is 14.6. The quantitative estimate of drug-likeness (QED) is 0.773. The molecule has 2 saturated heterocycles. The normalized spacial score (nSPS) is 30.8. The van der Waals surface area contributed by atoms with Crippen LogP contribution in [0.2, 0.25) is 0 Å². The van der Waals surface area contributed by atoms with E-state index in [1.54, 1.807) is 7.11 Å². The average molecular weight is 269 g/mol. The standard InChI is InChI=1S/C15H27NO3/c1-13(2,3)19-12(17)16-9-11-7-15(8-11,10-16)14(4,5)18-6/h11H,7-10H2,1-6H3. The van der Waals surface area contributed by atoms with E-state index in [1.807, 2.05) is 25.7 Å². The van der Waals surface area contributed by atoms with Gasteiger partial charge in [-0.05, 0) is 53.4 Å². The number of amides is 1. The van der Waals surface area contributed by atoms with Crippen LogP contribution < -0.4 is 0 Å². The summed E-state index contributed by atoms with van der Waals surface area (Å²) in [5, 5.41) is 0. The van der Waals surface area contributed by atoms with Crippen LogP contribution in [-0.4, -0.2) is 42.4 Å². The third-order valence-corrected chi connectivity index (χ3v) is 4.77. The fourth-order valence-electron chi connectivity index (χ4n) is 3.41. The fraction of sp³-hybridized carbons (Fsp3) is 0.933. The van der Waals surface area contributed by atoms with E-state index in [-0.39, 0.29) is 17.1 Å². The largest absolute Gasteiger partial charge is 0.444 e. The number of carbonyl (C=O) groups excluding carboxylic acids is 1. The van der Waals surface area contributed by atoms with Crippen molar-refractivity contribution in [1.82, 2.24) is 4.90 Å². The maximum atomic E-state index is 12.2. The van der Waals surface area contributed by atoms with E-state index in [2.05, 4.69) is 13.8 Å². The molecule has 3 aliphatic rings. The lowest BCUT2D eigenvalue weighted by Gasteiger charge is -2.62. The minimum Gasteiger partial charge on any atom is -0.444 e. The third kappa shape index (κ3) is 2.60. The molecule has 4 nitrogen and oxygen atoms in total. The summed E-state index contributed by atoms with van der Waals surface area (Å²) in [7, 11) is 1.76. The van der Waals surface area contributed by atoms with Gasteiger partial charge in [-0.1, -0.05) is 0 Å². The van der Waals surface area contributed by atoms with Gasteiger partial charge in [0.15, 0.2) is 0 Å². The van der Waals surface area contributed by atoms with Gasteiger partial charge in [0.05, 0.1) is 5.60 Å². The van der Waals surface area contributed by atoms with Gasteiger partial charge >= 0.3 is 6.09 Å². The first-order valence-electron chi connectivity index (χ1n) is 7.12. The monoisotopic (exact) mass is 269 g/mol. The predicted octanol–water partition coefficient (Wildman–Crippen LogP) is 3.06. The summed E-state index contributed by atoms with van der Waals surface area (Å²) in [4.78, 5) is 14.1. The van der Waals surface area contributed by atoms with Gasteiger partial charge in [-0.2, -0.15) is 0 Å². The van der Waals surface area contributed by atoms with Crippen LogP contribution in [0.25, 0.3) is 0 Å². The molecule has 0 atom stereocenters. The summed E-state index contributed by atoms with van der Waals surface area (Å²) < 4.78 is 11.2. The number of hydrogen-bond donors (Lipinski definition) is 0. The highest BCUT2D eigenvalue weighted by molar-refractivity contribution is 5.68. The molecule has 4 heteroatoms. The molecule has 0 aromatic heterocycles. The Morgan fingerprint density at radius 2 is 1.79 bits per heavy atom. The molecule has 3 rings (SSSR count). The van der Waals surface area contributed by atoms with Crippen LogP contribution in [0.5, 0.6) is 0 Å². The molecule has 1 aliphatic carbocycles. The molecule has 2 aliphatic heterocycles. The van der Waals surface area contributed by atoms with Gasteiger partial charge in [0.1, 0.15) is 5.60 Å². The highest BCUT2D eigenvalue weighted by Crippen LogP contribution is 2.57. The molecule has 0 aromatic rings. The van der Waals surface area contributed by atoms with Crippen LogP contribution in [0.3, 0.4) is 0 Å². The van der Waals surface area contributed by atoms with Crippen LogP contribution in [0.1, 0.15) is 47.5 Å². The fourth-order valence-corrected chi connectivity index (χ4v) is 3.41. The molecule has 19 heavy (non-hydrogen) atoms. The molecule has 1 amide bonds. The average Bonchev–Trinajstić information content (AvgIpc) is 2.25. The van der Waals surface area contributed by atoms with Crippen molar-refractivity contribution in [3.8, 4) is 0 Å². The zero-order chi connectivity index (χ0) is 14.5. The van der Waals surface area contributed by atoms with E-state index in [0.29, 0.717) is 5.92 Å². The number of hydrogen-bond acceptors (Lipinski definition) is 3. The van der Waals surface area contributed by atoms with E-state index in [4.69, 9.17) is 9.47 Å². The number of ether oxygens (including phenoxy) is 2. The van der Waals surface area contributed by atoms with Crippen molar-refractivity contribution in [2.45, 2.75) is 58.7 Å². The van der Waals surface area contributed by atoms with Crippen molar-refractivity contribution >= 4 is 6.09 Å². The summed E-state index contributed by atoms with van der Waals surface area (Å²) in [6.07, 6.45) is 2.13. The summed E-state index contributed by atoms with van der Waals surface area (Å²) in [6, 6.07) is 0. The second kappa shape index (κ2) is 4.37. The topological polar surface area (TPSA) is 38.8 Å². The maximum Gasteiger partial charge on any atom is 0.410 e. The van der Waals surface area contributed by atoms with Crippen molar-refractivity contribution in [1.29, 1.82) is 0 Å². The Hall–Kier alpha value is -0.770. The molecule has 0 unspecified atom stereocenters. The number of fused-ring (bicyclic) bond motifs is 2. The Kier molecular flexibility index (Phi) is 3.37. The Morgan fingerprint density at radius 1 is 1.21 bits per heavy atom. The molecule has 0 spiro atoms. The molecule has 0 radical (unpaired) electrons. The van der Waals surface area contributed by atoms with E-state index in [1.165, 1.54) is 0 Å². The van der Waals surface area contributed by atoms with Crippen LogP contribution in [0, 0.1) is 11.3 Å². The summed E-state index contributed by atoms with van der Waals surface area (Å²) in [5.74, 6) is 0.607. The van der Waals surface area contributed by atoms with Gasteiger partial charge in [-0.25, -0.2) is 4.79 Å². The van der Waals surface area contributed by atoms with Gasteiger partial charge in [0, 0.05) is 25.6 Å². The van der Waals surface area contributed by atoms with E-state index in [0.717, 1.165) is 25.9 Å².